The number of hydrogen-bond acceptors (Lipinski definition) is 7. The van der Waals surface area contributed by atoms with Crippen LogP contribution in [0.1, 0.15) is 115 Å². The summed E-state index contributed by atoms with van der Waals surface area (Å²) in [6.45, 7) is 2.76. The second-order valence-electron chi connectivity index (χ2n) is 11.2. The Morgan fingerprint density at radius 2 is 1.30 bits per heavy atom. The number of phenolic OH excluding ortho intramolecular Hbond substituents is 1. The summed E-state index contributed by atoms with van der Waals surface area (Å²) >= 11 is 0. The van der Waals surface area contributed by atoms with Gasteiger partial charge >= 0.3 is 0 Å². The Morgan fingerprint density at radius 3 is 1.86 bits per heavy atom. The van der Waals surface area contributed by atoms with Crippen molar-refractivity contribution >= 4 is 27.8 Å². The highest BCUT2D eigenvalue weighted by atomic mass is 16.6. The van der Waals surface area contributed by atoms with Crippen molar-refractivity contribution in [2.45, 2.75) is 110 Å². The maximum Gasteiger partial charge on any atom is 0.270 e. The first-order valence-electron chi connectivity index (χ1n) is 16.0. The normalized spacial score (nSPS) is 11.3. The molecule has 43 heavy (non-hydrogen) atoms. The van der Waals surface area contributed by atoms with E-state index in [1.165, 1.54) is 108 Å². The van der Waals surface area contributed by atoms with E-state index in [9.17, 15) is 20.5 Å². The predicted octanol–water partition coefficient (Wildman–Crippen LogP) is 11.4. The summed E-state index contributed by atoms with van der Waals surface area (Å²) in [4.78, 5) is 10.5. The van der Waals surface area contributed by atoms with Crippen LogP contribution >= 0.6 is 0 Å². The molecule has 0 saturated heterocycles. The molecular formula is C35H46N4O4. The molecule has 0 saturated carbocycles. The van der Waals surface area contributed by atoms with Gasteiger partial charge in [0.05, 0.1) is 22.8 Å². The summed E-state index contributed by atoms with van der Waals surface area (Å²) in [6, 6.07) is 14.7. The Labute approximate surface area is 256 Å². The minimum absolute atomic E-state index is 0.0547. The fraction of sp³-hybridized carbons (Fsp3) is 0.514. The topological polar surface area (TPSA) is 121 Å². The van der Waals surface area contributed by atoms with Crippen LogP contribution in [0.2, 0.25) is 0 Å². The van der Waals surface area contributed by atoms with Crippen molar-refractivity contribution in [1.29, 1.82) is 5.26 Å². The quantitative estimate of drug-likeness (QED) is 0.0576. The Kier molecular flexibility index (Phi) is 15.0. The highest BCUT2D eigenvalue weighted by molar-refractivity contribution is 5.98. The molecular weight excluding hydrogens is 540 g/mol. The number of nitrogens with zero attached hydrogens (tertiary/aromatic N) is 4. The minimum atomic E-state index is -0.557. The number of phenols is 1. The molecule has 3 rings (SSSR count). The van der Waals surface area contributed by atoms with Gasteiger partial charge in [0.2, 0.25) is 0 Å². The van der Waals surface area contributed by atoms with Crippen molar-refractivity contribution < 1.29 is 14.8 Å². The molecule has 0 atom stereocenters. The Hall–Kier alpha value is -3.99. The number of ether oxygens (including phenoxy) is 1. The second-order valence-corrected chi connectivity index (χ2v) is 11.2. The molecule has 0 fully saturated rings. The van der Waals surface area contributed by atoms with Crippen molar-refractivity contribution in [2.75, 3.05) is 6.61 Å². The smallest absolute Gasteiger partial charge is 0.270 e. The molecule has 0 radical (unpaired) electrons. The van der Waals surface area contributed by atoms with Gasteiger partial charge in [0, 0.05) is 29.0 Å². The molecule has 3 aromatic carbocycles. The van der Waals surface area contributed by atoms with E-state index in [0.29, 0.717) is 28.8 Å². The third-order valence-corrected chi connectivity index (χ3v) is 7.79. The van der Waals surface area contributed by atoms with E-state index in [4.69, 9.17) is 4.74 Å². The van der Waals surface area contributed by atoms with Crippen molar-refractivity contribution in [2.24, 2.45) is 10.2 Å². The lowest BCUT2D eigenvalue weighted by Crippen LogP contribution is -1.98. The lowest BCUT2D eigenvalue weighted by molar-refractivity contribution is -0.384. The highest BCUT2D eigenvalue weighted by Gasteiger charge is 2.14. The molecule has 230 valence electrons. The third kappa shape index (κ3) is 11.3. The zero-order valence-electron chi connectivity index (χ0n) is 25.6. The number of nitro benzene ring substituents is 1. The van der Waals surface area contributed by atoms with Gasteiger partial charge in [0.1, 0.15) is 11.8 Å². The number of rotatable bonds is 21. The minimum Gasteiger partial charge on any atom is -0.504 e. The van der Waals surface area contributed by atoms with E-state index in [-0.39, 0.29) is 22.7 Å². The van der Waals surface area contributed by atoms with Gasteiger partial charge in [-0.1, -0.05) is 128 Å². The average molecular weight is 587 g/mol. The molecule has 3 aromatic rings. The van der Waals surface area contributed by atoms with Crippen LogP contribution in [0.15, 0.2) is 58.8 Å². The maximum atomic E-state index is 11.0. The number of benzene rings is 3. The Balaban J connectivity index is 1.41. The summed E-state index contributed by atoms with van der Waals surface area (Å²) < 4.78 is 5.96. The molecule has 0 unspecified atom stereocenters. The zero-order chi connectivity index (χ0) is 30.7. The van der Waals surface area contributed by atoms with Crippen molar-refractivity contribution in [3.05, 3.63) is 64.2 Å². The molecule has 0 bridgehead atoms. The maximum absolute atomic E-state index is 11.0. The SMILES string of the molecule is CCCCCCCCCCCCCCCCCCOc1cc(N=Nc2ccc([N+](=O)[O-])cc2C#N)c2ccccc2c1O. The number of unbranched alkanes of at least 4 members (excludes halogenated alkanes) is 15. The molecule has 8 nitrogen and oxygen atoms in total. The first-order chi connectivity index (χ1) is 21.0. The van der Waals surface area contributed by atoms with Gasteiger partial charge in [-0.15, -0.1) is 10.2 Å². The van der Waals surface area contributed by atoms with Crippen LogP contribution < -0.4 is 4.74 Å². The molecule has 0 heterocycles. The highest BCUT2D eigenvalue weighted by Crippen LogP contribution is 2.41. The van der Waals surface area contributed by atoms with Gasteiger partial charge in [-0.05, 0) is 12.5 Å². The van der Waals surface area contributed by atoms with Crippen LogP contribution in [-0.2, 0) is 0 Å². The van der Waals surface area contributed by atoms with E-state index in [1.54, 1.807) is 12.1 Å². The average Bonchev–Trinajstić information content (AvgIpc) is 3.02. The fourth-order valence-electron chi connectivity index (χ4n) is 5.26. The molecule has 0 aliphatic carbocycles. The molecule has 0 aromatic heterocycles. The summed E-state index contributed by atoms with van der Waals surface area (Å²) in [5.74, 6) is 0.386. The molecule has 0 spiro atoms. The van der Waals surface area contributed by atoms with Crippen LogP contribution in [0.3, 0.4) is 0 Å². The molecule has 0 amide bonds. The number of aromatic hydroxyl groups is 1. The first-order valence-corrected chi connectivity index (χ1v) is 16.0. The van der Waals surface area contributed by atoms with Gasteiger partial charge in [0.25, 0.3) is 5.69 Å². The van der Waals surface area contributed by atoms with Gasteiger partial charge in [0.15, 0.2) is 11.5 Å². The van der Waals surface area contributed by atoms with Crippen LogP contribution in [0.4, 0.5) is 17.1 Å². The summed E-state index contributed by atoms with van der Waals surface area (Å²) in [5.41, 5.74) is 0.565. The van der Waals surface area contributed by atoms with E-state index in [0.717, 1.165) is 12.8 Å². The summed E-state index contributed by atoms with van der Waals surface area (Å²) in [7, 11) is 0. The van der Waals surface area contributed by atoms with Crippen LogP contribution in [-0.4, -0.2) is 16.6 Å². The number of fused-ring (bicyclic) bond motifs is 1. The number of nitriles is 1. The number of hydrogen-bond donors (Lipinski definition) is 1. The monoisotopic (exact) mass is 586 g/mol. The lowest BCUT2D eigenvalue weighted by atomic mass is 10.0. The van der Waals surface area contributed by atoms with E-state index < -0.39 is 4.92 Å². The van der Waals surface area contributed by atoms with Gasteiger partial charge in [-0.25, -0.2) is 0 Å². The molecule has 1 N–H and O–H groups in total. The predicted molar refractivity (Wildman–Crippen MR) is 173 cm³/mol. The third-order valence-electron chi connectivity index (χ3n) is 7.79. The number of non-ortho nitro benzene ring substituents is 1. The Morgan fingerprint density at radius 1 is 0.767 bits per heavy atom. The van der Waals surface area contributed by atoms with Crippen molar-refractivity contribution in [3.8, 4) is 17.6 Å². The first kappa shape index (κ1) is 33.5. The number of azo groups is 1. The fourth-order valence-corrected chi connectivity index (χ4v) is 5.26. The standard InChI is InChI=1S/C35H46N4O4/c1-2-3-4-5-6-7-8-9-10-11-12-13-14-15-16-19-24-43-34-26-33(30-20-17-18-21-31(30)35(34)40)38-37-32-23-22-29(39(41)42)25-28(32)27-36/h17-18,20-23,25-26,40H,2-16,19,24H2,1H3. The van der Waals surface area contributed by atoms with Crippen LogP contribution in [0.25, 0.3) is 10.8 Å². The van der Waals surface area contributed by atoms with Crippen LogP contribution in [0, 0.1) is 21.4 Å². The number of nitro groups is 1. The summed E-state index contributed by atoms with van der Waals surface area (Å²) in [5, 5.41) is 41.1. The Bertz CT molecular complexity index is 1370. The molecule has 0 aliphatic rings. The van der Waals surface area contributed by atoms with E-state index >= 15 is 0 Å². The van der Waals surface area contributed by atoms with Gasteiger partial charge in [-0.2, -0.15) is 5.26 Å². The van der Waals surface area contributed by atoms with Crippen molar-refractivity contribution in [1.82, 2.24) is 0 Å². The molecule has 0 aliphatic heterocycles. The molecule has 8 heteroatoms. The van der Waals surface area contributed by atoms with E-state index in [1.807, 2.05) is 24.3 Å². The van der Waals surface area contributed by atoms with E-state index in [2.05, 4.69) is 17.2 Å². The largest absolute Gasteiger partial charge is 0.504 e. The van der Waals surface area contributed by atoms with Gasteiger partial charge in [-0.3, -0.25) is 10.1 Å². The zero-order valence-corrected chi connectivity index (χ0v) is 25.6. The van der Waals surface area contributed by atoms with Gasteiger partial charge < -0.3 is 9.84 Å². The van der Waals surface area contributed by atoms with Crippen molar-refractivity contribution in [3.63, 3.8) is 0 Å². The lowest BCUT2D eigenvalue weighted by Gasteiger charge is -2.12. The summed E-state index contributed by atoms with van der Waals surface area (Å²) in [6.07, 6.45) is 20.8. The van der Waals surface area contributed by atoms with Crippen LogP contribution in [0.5, 0.6) is 11.5 Å². The second kappa shape index (κ2) is 19.2.